The van der Waals surface area contributed by atoms with E-state index in [9.17, 15) is 13.6 Å². The van der Waals surface area contributed by atoms with E-state index < -0.39 is 11.6 Å². The maximum atomic E-state index is 13.0. The Morgan fingerprint density at radius 3 is 2.74 bits per heavy atom. The van der Waals surface area contributed by atoms with Crippen molar-refractivity contribution in [3.05, 3.63) is 57.8 Å². The summed E-state index contributed by atoms with van der Waals surface area (Å²) < 4.78 is 25.7. The lowest BCUT2D eigenvalue weighted by Crippen LogP contribution is -2.22. The molecule has 0 fully saturated rings. The first kappa shape index (κ1) is 13.7. The third-order valence-electron chi connectivity index (χ3n) is 2.66. The van der Waals surface area contributed by atoms with Crippen LogP contribution in [0.5, 0.6) is 0 Å². The highest BCUT2D eigenvalue weighted by Crippen LogP contribution is 2.11. The molecule has 0 atom stereocenters. The Morgan fingerprint density at radius 2 is 2.05 bits per heavy atom. The number of hydrogen-bond acceptors (Lipinski definition) is 2. The molecule has 0 saturated carbocycles. The molecule has 2 rings (SSSR count). The van der Waals surface area contributed by atoms with Crippen molar-refractivity contribution < 1.29 is 13.6 Å². The summed E-state index contributed by atoms with van der Waals surface area (Å²) >= 11 is 1.58. The van der Waals surface area contributed by atoms with Crippen molar-refractivity contribution in [2.24, 2.45) is 0 Å². The van der Waals surface area contributed by atoms with Gasteiger partial charge in [-0.3, -0.25) is 4.79 Å². The van der Waals surface area contributed by atoms with E-state index in [2.05, 4.69) is 5.32 Å². The highest BCUT2D eigenvalue weighted by Gasteiger charge is 2.06. The number of carbonyl (C=O) groups excluding carboxylic acids is 1. The second kappa shape index (κ2) is 6.43. The van der Waals surface area contributed by atoms with Crippen molar-refractivity contribution in [1.29, 1.82) is 0 Å². The molecule has 0 aliphatic heterocycles. The molecule has 0 spiro atoms. The van der Waals surface area contributed by atoms with Gasteiger partial charge in [0.05, 0.1) is 6.54 Å². The fraction of sp³-hybridized carbons (Fsp3) is 0.214. The summed E-state index contributed by atoms with van der Waals surface area (Å²) in [6, 6.07) is 7.56. The molecule has 1 aromatic heterocycles. The number of hydrogen-bond donors (Lipinski definition) is 1. The molecule has 1 aromatic carbocycles. The summed E-state index contributed by atoms with van der Waals surface area (Å²) in [5.74, 6) is -1.85. The summed E-state index contributed by atoms with van der Waals surface area (Å²) in [5, 5.41) is 4.73. The van der Waals surface area contributed by atoms with Gasteiger partial charge in [0.2, 0.25) is 5.91 Å². The van der Waals surface area contributed by atoms with Crippen molar-refractivity contribution in [2.45, 2.75) is 19.4 Å². The monoisotopic (exact) mass is 281 g/mol. The molecule has 1 amide bonds. The number of rotatable bonds is 5. The van der Waals surface area contributed by atoms with E-state index in [0.717, 1.165) is 17.0 Å². The molecule has 1 N–H and O–H groups in total. The second-order valence-electron chi connectivity index (χ2n) is 4.10. The first-order valence-electron chi connectivity index (χ1n) is 5.88. The predicted molar refractivity (Wildman–Crippen MR) is 70.8 cm³/mol. The van der Waals surface area contributed by atoms with Gasteiger partial charge in [0, 0.05) is 11.3 Å². The lowest BCUT2D eigenvalue weighted by molar-refractivity contribution is -0.121. The largest absolute Gasteiger partial charge is 0.351 e. The van der Waals surface area contributed by atoms with Crippen LogP contribution in [0.4, 0.5) is 8.78 Å². The van der Waals surface area contributed by atoms with Gasteiger partial charge in [0.1, 0.15) is 0 Å². The van der Waals surface area contributed by atoms with Gasteiger partial charge in [-0.05, 0) is 35.6 Å². The number of carbonyl (C=O) groups is 1. The minimum Gasteiger partial charge on any atom is -0.351 e. The van der Waals surface area contributed by atoms with E-state index in [-0.39, 0.29) is 12.3 Å². The summed E-state index contributed by atoms with van der Waals surface area (Å²) in [6.07, 6.45) is 0.657. The highest BCUT2D eigenvalue weighted by atomic mass is 32.1. The van der Waals surface area contributed by atoms with Gasteiger partial charge in [-0.15, -0.1) is 11.3 Å². The maximum Gasteiger partial charge on any atom is 0.220 e. The normalized spacial score (nSPS) is 10.4. The zero-order valence-corrected chi connectivity index (χ0v) is 11.0. The topological polar surface area (TPSA) is 29.1 Å². The molecule has 2 nitrogen and oxygen atoms in total. The Kier molecular flexibility index (Phi) is 4.63. The molecule has 1 heterocycles. The Morgan fingerprint density at radius 1 is 1.21 bits per heavy atom. The second-order valence-corrected chi connectivity index (χ2v) is 5.14. The van der Waals surface area contributed by atoms with E-state index in [1.54, 1.807) is 11.3 Å². The van der Waals surface area contributed by atoms with E-state index in [1.165, 1.54) is 6.07 Å². The van der Waals surface area contributed by atoms with Crippen LogP contribution in [0, 0.1) is 11.6 Å². The van der Waals surface area contributed by atoms with Gasteiger partial charge < -0.3 is 5.32 Å². The van der Waals surface area contributed by atoms with Crippen LogP contribution in [0.1, 0.15) is 16.9 Å². The molecule has 2 aromatic rings. The van der Waals surface area contributed by atoms with Crippen LogP contribution < -0.4 is 5.32 Å². The summed E-state index contributed by atoms with van der Waals surface area (Å²) in [6.45, 7) is 0.508. The SMILES string of the molecule is O=C(CCc1ccc(F)c(F)c1)NCc1cccs1. The van der Waals surface area contributed by atoms with Crippen LogP contribution >= 0.6 is 11.3 Å². The Hall–Kier alpha value is -1.75. The Labute approximate surface area is 114 Å². The van der Waals surface area contributed by atoms with Crippen LogP contribution in [-0.2, 0) is 17.8 Å². The fourth-order valence-corrected chi connectivity index (χ4v) is 2.28. The Bertz CT molecular complexity index is 555. The van der Waals surface area contributed by atoms with Crippen molar-refractivity contribution in [2.75, 3.05) is 0 Å². The molecule has 100 valence electrons. The van der Waals surface area contributed by atoms with Crippen LogP contribution in [0.15, 0.2) is 35.7 Å². The number of halogens is 2. The van der Waals surface area contributed by atoms with Gasteiger partial charge in [0.15, 0.2) is 11.6 Å². The lowest BCUT2D eigenvalue weighted by atomic mass is 10.1. The minimum atomic E-state index is -0.878. The average Bonchev–Trinajstić information content (AvgIpc) is 2.91. The van der Waals surface area contributed by atoms with Crippen LogP contribution in [0.3, 0.4) is 0 Å². The van der Waals surface area contributed by atoms with E-state index >= 15 is 0 Å². The number of amides is 1. The van der Waals surface area contributed by atoms with E-state index in [0.29, 0.717) is 18.5 Å². The number of thiophene rings is 1. The molecule has 0 aliphatic rings. The van der Waals surface area contributed by atoms with E-state index in [4.69, 9.17) is 0 Å². The number of benzene rings is 1. The third kappa shape index (κ3) is 4.13. The zero-order valence-electron chi connectivity index (χ0n) is 10.2. The smallest absolute Gasteiger partial charge is 0.220 e. The first-order valence-corrected chi connectivity index (χ1v) is 6.76. The van der Waals surface area contributed by atoms with Gasteiger partial charge in [-0.1, -0.05) is 12.1 Å². The fourth-order valence-electron chi connectivity index (χ4n) is 1.64. The van der Waals surface area contributed by atoms with Crippen molar-refractivity contribution in [3.8, 4) is 0 Å². The molecule has 0 saturated heterocycles. The lowest BCUT2D eigenvalue weighted by Gasteiger charge is -2.04. The molecular formula is C14H13F2NOS. The molecular weight excluding hydrogens is 268 g/mol. The molecule has 19 heavy (non-hydrogen) atoms. The molecule has 0 radical (unpaired) electrons. The van der Waals surface area contributed by atoms with Gasteiger partial charge in [-0.2, -0.15) is 0 Å². The summed E-state index contributed by atoms with van der Waals surface area (Å²) in [5.41, 5.74) is 0.616. The predicted octanol–water partition coefficient (Wildman–Crippen LogP) is 3.28. The first-order chi connectivity index (χ1) is 9.15. The average molecular weight is 281 g/mol. The maximum absolute atomic E-state index is 13.0. The molecule has 5 heteroatoms. The highest BCUT2D eigenvalue weighted by molar-refractivity contribution is 7.09. The van der Waals surface area contributed by atoms with Crippen LogP contribution in [0.2, 0.25) is 0 Å². The van der Waals surface area contributed by atoms with Crippen molar-refractivity contribution >= 4 is 17.2 Å². The number of aryl methyl sites for hydroxylation is 1. The molecule has 0 aliphatic carbocycles. The summed E-state index contributed by atoms with van der Waals surface area (Å²) in [7, 11) is 0. The van der Waals surface area contributed by atoms with E-state index in [1.807, 2.05) is 17.5 Å². The van der Waals surface area contributed by atoms with Crippen LogP contribution in [-0.4, -0.2) is 5.91 Å². The van der Waals surface area contributed by atoms with Gasteiger partial charge >= 0.3 is 0 Å². The minimum absolute atomic E-state index is 0.0990. The molecule has 0 bridgehead atoms. The van der Waals surface area contributed by atoms with Crippen LogP contribution in [0.25, 0.3) is 0 Å². The molecule has 0 unspecified atom stereocenters. The standard InChI is InChI=1S/C14H13F2NOS/c15-12-5-3-10(8-13(12)16)4-6-14(18)17-9-11-2-1-7-19-11/h1-3,5,7-8H,4,6,9H2,(H,17,18). The summed E-state index contributed by atoms with van der Waals surface area (Å²) in [4.78, 5) is 12.7. The number of nitrogens with one attached hydrogen (secondary N) is 1. The quantitative estimate of drug-likeness (QED) is 0.895. The Balaban J connectivity index is 1.78. The van der Waals surface area contributed by atoms with Gasteiger partial charge in [0.25, 0.3) is 0 Å². The van der Waals surface area contributed by atoms with Crippen molar-refractivity contribution in [3.63, 3.8) is 0 Å². The zero-order chi connectivity index (χ0) is 13.7. The van der Waals surface area contributed by atoms with Gasteiger partial charge in [-0.25, -0.2) is 8.78 Å². The third-order valence-corrected chi connectivity index (χ3v) is 3.54. The van der Waals surface area contributed by atoms with Crippen molar-refractivity contribution in [1.82, 2.24) is 5.32 Å².